The van der Waals surface area contributed by atoms with E-state index in [4.69, 9.17) is 27.9 Å². The minimum absolute atomic E-state index is 0.466. The fraction of sp³-hybridized carbons (Fsp3) is 0.214. The predicted octanol–water partition coefficient (Wildman–Crippen LogP) is 4.60. The molecule has 0 spiro atoms. The van der Waals surface area contributed by atoms with E-state index in [-0.39, 0.29) is 0 Å². The van der Waals surface area contributed by atoms with Gasteiger partial charge in [-0.1, -0.05) is 30.1 Å². The van der Waals surface area contributed by atoms with Gasteiger partial charge in [0.1, 0.15) is 11.4 Å². The van der Waals surface area contributed by atoms with E-state index in [1.807, 2.05) is 16.0 Å². The molecule has 0 aliphatic carbocycles. The van der Waals surface area contributed by atoms with Crippen molar-refractivity contribution in [1.82, 2.24) is 14.7 Å². The first-order chi connectivity index (χ1) is 10.2. The SMILES string of the molecule is CCNCc1c(Oc2ccc(Cl)cc2Cl)nc2sccn12. The number of ether oxygens (including phenoxy) is 1. The maximum atomic E-state index is 6.15. The van der Waals surface area contributed by atoms with Crippen LogP contribution in [0.25, 0.3) is 4.96 Å². The van der Waals surface area contributed by atoms with Gasteiger partial charge in [0.25, 0.3) is 0 Å². The molecule has 4 nitrogen and oxygen atoms in total. The largest absolute Gasteiger partial charge is 0.436 e. The van der Waals surface area contributed by atoms with Crippen LogP contribution in [-0.4, -0.2) is 15.9 Å². The van der Waals surface area contributed by atoms with Crippen LogP contribution in [0.5, 0.6) is 11.6 Å². The van der Waals surface area contributed by atoms with Crippen molar-refractivity contribution in [2.45, 2.75) is 13.5 Å². The first-order valence-electron chi connectivity index (χ1n) is 6.47. The molecule has 0 aliphatic rings. The Morgan fingerprint density at radius 3 is 3.00 bits per heavy atom. The lowest BCUT2D eigenvalue weighted by atomic mass is 10.3. The van der Waals surface area contributed by atoms with Gasteiger partial charge < -0.3 is 10.1 Å². The van der Waals surface area contributed by atoms with Gasteiger partial charge in [0.2, 0.25) is 5.88 Å². The fourth-order valence-corrected chi connectivity index (χ4v) is 3.13. The highest BCUT2D eigenvalue weighted by Crippen LogP contribution is 2.33. The Morgan fingerprint density at radius 2 is 2.24 bits per heavy atom. The van der Waals surface area contributed by atoms with Gasteiger partial charge in [0.15, 0.2) is 4.96 Å². The first kappa shape index (κ1) is 14.7. The maximum Gasteiger partial charge on any atom is 0.243 e. The molecule has 2 aromatic heterocycles. The van der Waals surface area contributed by atoms with Crippen LogP contribution in [0.1, 0.15) is 12.6 Å². The minimum Gasteiger partial charge on any atom is -0.436 e. The molecule has 0 fully saturated rings. The smallest absolute Gasteiger partial charge is 0.243 e. The minimum atomic E-state index is 0.466. The van der Waals surface area contributed by atoms with Gasteiger partial charge >= 0.3 is 0 Å². The Hall–Kier alpha value is -1.27. The van der Waals surface area contributed by atoms with E-state index in [0.717, 1.165) is 17.2 Å². The molecule has 0 radical (unpaired) electrons. The van der Waals surface area contributed by atoms with Crippen molar-refractivity contribution in [3.05, 3.63) is 45.5 Å². The van der Waals surface area contributed by atoms with Crippen LogP contribution in [0.2, 0.25) is 10.0 Å². The molecule has 3 rings (SSSR count). The van der Waals surface area contributed by atoms with Crippen molar-refractivity contribution in [3.8, 4) is 11.6 Å². The van der Waals surface area contributed by atoms with E-state index < -0.39 is 0 Å². The maximum absolute atomic E-state index is 6.15. The second kappa shape index (κ2) is 6.23. The summed E-state index contributed by atoms with van der Waals surface area (Å²) in [5.74, 6) is 1.11. The van der Waals surface area contributed by atoms with Crippen molar-refractivity contribution in [3.63, 3.8) is 0 Å². The molecule has 7 heteroatoms. The quantitative estimate of drug-likeness (QED) is 0.736. The van der Waals surface area contributed by atoms with Gasteiger partial charge in [-0.3, -0.25) is 4.40 Å². The number of hydrogen-bond acceptors (Lipinski definition) is 4. The molecule has 0 saturated heterocycles. The molecule has 0 atom stereocenters. The highest BCUT2D eigenvalue weighted by atomic mass is 35.5. The number of hydrogen-bond donors (Lipinski definition) is 1. The highest BCUT2D eigenvalue weighted by molar-refractivity contribution is 7.15. The second-order valence-corrected chi connectivity index (χ2v) is 6.09. The normalized spacial score (nSPS) is 11.2. The predicted molar refractivity (Wildman–Crippen MR) is 87.0 cm³/mol. The summed E-state index contributed by atoms with van der Waals surface area (Å²) in [6.07, 6.45) is 1.98. The molecule has 1 aromatic carbocycles. The summed E-state index contributed by atoms with van der Waals surface area (Å²) < 4.78 is 7.90. The molecule has 21 heavy (non-hydrogen) atoms. The Morgan fingerprint density at radius 1 is 1.38 bits per heavy atom. The highest BCUT2D eigenvalue weighted by Gasteiger charge is 2.16. The third kappa shape index (κ3) is 3.01. The summed E-state index contributed by atoms with van der Waals surface area (Å²) in [4.78, 5) is 5.40. The Bertz CT molecular complexity index is 769. The van der Waals surface area contributed by atoms with Crippen LogP contribution in [0.4, 0.5) is 0 Å². The first-order valence-corrected chi connectivity index (χ1v) is 8.10. The zero-order valence-corrected chi connectivity index (χ0v) is 13.6. The lowest BCUT2D eigenvalue weighted by Gasteiger charge is -2.08. The van der Waals surface area contributed by atoms with Crippen molar-refractivity contribution >= 4 is 39.5 Å². The lowest BCUT2D eigenvalue weighted by Crippen LogP contribution is -2.13. The summed E-state index contributed by atoms with van der Waals surface area (Å²) in [6, 6.07) is 5.14. The molecule has 110 valence electrons. The Labute approximate surface area is 136 Å². The number of rotatable bonds is 5. The molecule has 2 heterocycles. The summed E-state index contributed by atoms with van der Waals surface area (Å²) in [5.41, 5.74) is 0.971. The zero-order chi connectivity index (χ0) is 14.8. The number of nitrogens with one attached hydrogen (secondary N) is 1. The standard InChI is InChI=1S/C14H13Cl2N3OS/c1-2-17-8-11-13(18-14-19(11)5-6-21-14)20-12-4-3-9(15)7-10(12)16/h3-7,17H,2,8H2,1H3. The van der Waals surface area contributed by atoms with Gasteiger partial charge in [-0.2, -0.15) is 4.98 Å². The molecule has 0 saturated carbocycles. The van der Waals surface area contributed by atoms with E-state index in [0.29, 0.717) is 28.2 Å². The molecule has 0 aliphatic heterocycles. The molecule has 3 aromatic rings. The lowest BCUT2D eigenvalue weighted by molar-refractivity contribution is 0.456. The van der Waals surface area contributed by atoms with Gasteiger partial charge in [0.05, 0.1) is 5.02 Å². The topological polar surface area (TPSA) is 38.6 Å². The Balaban J connectivity index is 1.97. The number of nitrogens with zero attached hydrogens (tertiary/aromatic N) is 2. The molecule has 0 amide bonds. The van der Waals surface area contributed by atoms with Crippen LogP contribution in [-0.2, 0) is 6.54 Å². The summed E-state index contributed by atoms with van der Waals surface area (Å²) in [6.45, 7) is 3.61. The zero-order valence-electron chi connectivity index (χ0n) is 11.3. The number of aromatic nitrogens is 2. The number of imidazole rings is 1. The van der Waals surface area contributed by atoms with Crippen LogP contribution in [0.3, 0.4) is 0 Å². The van der Waals surface area contributed by atoms with Crippen LogP contribution in [0, 0.1) is 0 Å². The molecule has 1 N–H and O–H groups in total. The molecular weight excluding hydrogens is 329 g/mol. The number of benzene rings is 1. The van der Waals surface area contributed by atoms with E-state index in [2.05, 4.69) is 17.2 Å². The van der Waals surface area contributed by atoms with Crippen LogP contribution in [0.15, 0.2) is 29.8 Å². The monoisotopic (exact) mass is 341 g/mol. The number of thiazole rings is 1. The fourth-order valence-electron chi connectivity index (χ4n) is 1.96. The van der Waals surface area contributed by atoms with E-state index in [9.17, 15) is 0 Å². The summed E-state index contributed by atoms with van der Waals surface area (Å²) in [5, 5.41) is 6.33. The van der Waals surface area contributed by atoms with E-state index in [1.165, 1.54) is 0 Å². The molecule has 0 bridgehead atoms. The summed E-state index contributed by atoms with van der Waals surface area (Å²) in [7, 11) is 0. The van der Waals surface area contributed by atoms with Crippen LogP contribution < -0.4 is 10.1 Å². The summed E-state index contributed by atoms with van der Waals surface area (Å²) >= 11 is 13.6. The van der Waals surface area contributed by atoms with E-state index in [1.54, 1.807) is 29.5 Å². The van der Waals surface area contributed by atoms with Crippen molar-refractivity contribution < 1.29 is 4.74 Å². The van der Waals surface area contributed by atoms with E-state index >= 15 is 0 Å². The number of halogens is 2. The number of fused-ring (bicyclic) bond motifs is 1. The van der Waals surface area contributed by atoms with Gasteiger partial charge in [0, 0.05) is 23.1 Å². The van der Waals surface area contributed by atoms with Gasteiger partial charge in [-0.25, -0.2) is 0 Å². The second-order valence-electron chi connectivity index (χ2n) is 4.38. The third-order valence-corrected chi connectivity index (χ3v) is 4.25. The van der Waals surface area contributed by atoms with Gasteiger partial charge in [-0.05, 0) is 24.7 Å². The molecule has 0 unspecified atom stereocenters. The van der Waals surface area contributed by atoms with Crippen LogP contribution >= 0.6 is 34.5 Å². The van der Waals surface area contributed by atoms with Crippen molar-refractivity contribution in [2.75, 3.05) is 6.54 Å². The molecular formula is C14H13Cl2N3OS. The third-order valence-electron chi connectivity index (χ3n) is 2.97. The Kier molecular flexibility index (Phi) is 4.35. The average molecular weight is 342 g/mol. The van der Waals surface area contributed by atoms with Gasteiger partial charge in [-0.15, -0.1) is 11.3 Å². The van der Waals surface area contributed by atoms with Crippen molar-refractivity contribution in [2.24, 2.45) is 0 Å². The van der Waals surface area contributed by atoms with Crippen molar-refractivity contribution in [1.29, 1.82) is 0 Å². The average Bonchev–Trinajstić information content (AvgIpc) is 3.01.